The minimum absolute atomic E-state index is 0.254. The molecule has 2 N–H and O–H groups in total. The van der Waals surface area contributed by atoms with E-state index >= 15 is 0 Å². The smallest absolute Gasteiger partial charge is 0.191 e. The molecular weight excluding hydrogens is 318 g/mol. The maximum absolute atomic E-state index is 5.46. The van der Waals surface area contributed by atoms with Crippen LogP contribution in [0.5, 0.6) is 0 Å². The average Bonchev–Trinajstić information content (AvgIpc) is 3.17. The van der Waals surface area contributed by atoms with Crippen molar-refractivity contribution in [2.75, 3.05) is 26.3 Å². The van der Waals surface area contributed by atoms with E-state index in [4.69, 9.17) is 9.73 Å². The van der Waals surface area contributed by atoms with Gasteiger partial charge in [-0.25, -0.2) is 0 Å². The normalized spacial score (nSPS) is 22.3. The predicted octanol–water partition coefficient (Wildman–Crippen LogP) is 3.68. The molecule has 134 valence electrons. The van der Waals surface area contributed by atoms with Crippen LogP contribution in [0.1, 0.15) is 56.7 Å². The third kappa shape index (κ3) is 4.51. The van der Waals surface area contributed by atoms with Gasteiger partial charge < -0.3 is 15.4 Å². The van der Waals surface area contributed by atoms with E-state index in [1.54, 1.807) is 0 Å². The zero-order valence-electron chi connectivity index (χ0n) is 14.9. The molecule has 5 heteroatoms. The summed E-state index contributed by atoms with van der Waals surface area (Å²) >= 11 is 1.90. The molecule has 24 heavy (non-hydrogen) atoms. The number of rotatable bonds is 5. The highest BCUT2D eigenvalue weighted by atomic mass is 32.1. The van der Waals surface area contributed by atoms with Crippen molar-refractivity contribution in [3.8, 4) is 0 Å². The highest BCUT2D eigenvalue weighted by Gasteiger charge is 2.34. The van der Waals surface area contributed by atoms with Gasteiger partial charge >= 0.3 is 0 Å². The number of nitrogens with one attached hydrogen (secondary N) is 2. The third-order valence-electron chi connectivity index (χ3n) is 5.30. The first-order valence-corrected chi connectivity index (χ1v) is 10.4. The SMILES string of the molecule is CCNC(=NCC1(c2cccs2)CCCCC1)NC1CCOCC1. The maximum Gasteiger partial charge on any atom is 0.191 e. The standard InChI is InChI=1S/C19H31N3OS/c1-2-20-18(22-16-8-12-23-13-9-16)21-15-19(10-4-3-5-11-19)17-7-6-14-24-17/h6-7,14,16H,2-5,8-13,15H2,1H3,(H2,20,21,22). The molecular formula is C19H31N3OS. The van der Waals surface area contributed by atoms with Crippen molar-refractivity contribution in [3.05, 3.63) is 22.4 Å². The van der Waals surface area contributed by atoms with Crippen LogP contribution in [0.15, 0.2) is 22.5 Å². The summed E-state index contributed by atoms with van der Waals surface area (Å²) in [4.78, 5) is 6.54. The van der Waals surface area contributed by atoms with E-state index in [1.165, 1.54) is 37.0 Å². The molecule has 1 aromatic heterocycles. The lowest BCUT2D eigenvalue weighted by Gasteiger charge is -2.35. The number of nitrogens with zero attached hydrogens (tertiary/aromatic N) is 1. The second-order valence-electron chi connectivity index (χ2n) is 7.04. The Balaban J connectivity index is 1.70. The minimum atomic E-state index is 0.254. The van der Waals surface area contributed by atoms with Crippen LogP contribution in [0.4, 0.5) is 0 Å². The summed E-state index contributed by atoms with van der Waals surface area (Å²) in [5.41, 5.74) is 0.254. The first-order valence-electron chi connectivity index (χ1n) is 9.49. The van der Waals surface area contributed by atoms with E-state index < -0.39 is 0 Å². The Morgan fingerprint density at radius 2 is 2.08 bits per heavy atom. The van der Waals surface area contributed by atoms with Crippen LogP contribution >= 0.6 is 11.3 Å². The quantitative estimate of drug-likeness (QED) is 0.629. The van der Waals surface area contributed by atoms with Crippen molar-refractivity contribution in [1.82, 2.24) is 10.6 Å². The lowest BCUT2D eigenvalue weighted by molar-refractivity contribution is 0.0822. The van der Waals surface area contributed by atoms with E-state index in [-0.39, 0.29) is 5.41 Å². The zero-order valence-corrected chi connectivity index (χ0v) is 15.7. The van der Waals surface area contributed by atoms with Crippen molar-refractivity contribution >= 4 is 17.3 Å². The van der Waals surface area contributed by atoms with Gasteiger partial charge in [0, 0.05) is 36.1 Å². The average molecular weight is 350 g/mol. The molecule has 0 amide bonds. The number of hydrogen-bond donors (Lipinski definition) is 2. The Bertz CT molecular complexity index is 503. The van der Waals surface area contributed by atoms with Crippen LogP contribution in [-0.4, -0.2) is 38.3 Å². The summed E-state index contributed by atoms with van der Waals surface area (Å²) < 4.78 is 5.46. The van der Waals surface area contributed by atoms with E-state index in [9.17, 15) is 0 Å². The lowest BCUT2D eigenvalue weighted by atomic mass is 9.73. The predicted molar refractivity (Wildman–Crippen MR) is 102 cm³/mol. The van der Waals surface area contributed by atoms with Crippen LogP contribution in [0.25, 0.3) is 0 Å². The van der Waals surface area contributed by atoms with Gasteiger partial charge in [-0.1, -0.05) is 25.3 Å². The van der Waals surface area contributed by atoms with E-state index in [2.05, 4.69) is 35.1 Å². The summed E-state index contributed by atoms with van der Waals surface area (Å²) in [5, 5.41) is 9.26. The molecule has 1 saturated heterocycles. The van der Waals surface area contributed by atoms with Gasteiger partial charge in [0.2, 0.25) is 0 Å². The lowest BCUT2D eigenvalue weighted by Crippen LogP contribution is -2.46. The summed E-state index contributed by atoms with van der Waals surface area (Å²) in [7, 11) is 0. The molecule has 1 aliphatic heterocycles. The van der Waals surface area contributed by atoms with Gasteiger partial charge in [0.15, 0.2) is 5.96 Å². The third-order valence-corrected chi connectivity index (χ3v) is 6.42. The Hall–Kier alpha value is -1.07. The largest absolute Gasteiger partial charge is 0.381 e. The first-order chi connectivity index (χ1) is 11.8. The highest BCUT2D eigenvalue weighted by molar-refractivity contribution is 7.10. The molecule has 1 saturated carbocycles. The van der Waals surface area contributed by atoms with Crippen LogP contribution in [-0.2, 0) is 10.2 Å². The van der Waals surface area contributed by atoms with Gasteiger partial charge in [0.25, 0.3) is 0 Å². The number of hydrogen-bond acceptors (Lipinski definition) is 3. The molecule has 2 heterocycles. The van der Waals surface area contributed by atoms with Gasteiger partial charge in [-0.3, -0.25) is 4.99 Å². The Morgan fingerprint density at radius 3 is 2.75 bits per heavy atom. The fourth-order valence-corrected chi connectivity index (χ4v) is 4.86. The fourth-order valence-electron chi connectivity index (χ4n) is 3.88. The van der Waals surface area contributed by atoms with Crippen molar-refractivity contribution in [1.29, 1.82) is 0 Å². The minimum Gasteiger partial charge on any atom is -0.381 e. The zero-order chi connectivity index (χ0) is 16.7. The van der Waals surface area contributed by atoms with Crippen LogP contribution in [0.2, 0.25) is 0 Å². The first kappa shape index (κ1) is 17.7. The summed E-state index contributed by atoms with van der Waals surface area (Å²) in [6.45, 7) is 5.65. The molecule has 0 spiro atoms. The molecule has 0 atom stereocenters. The number of guanidine groups is 1. The highest BCUT2D eigenvalue weighted by Crippen LogP contribution is 2.41. The summed E-state index contributed by atoms with van der Waals surface area (Å²) in [5.74, 6) is 0.978. The fraction of sp³-hybridized carbons (Fsp3) is 0.737. The Morgan fingerprint density at radius 1 is 1.29 bits per heavy atom. The van der Waals surface area contributed by atoms with Crippen molar-refractivity contribution in [2.24, 2.45) is 4.99 Å². The van der Waals surface area contributed by atoms with Gasteiger partial charge in [0.1, 0.15) is 0 Å². The molecule has 1 aliphatic carbocycles. The second-order valence-corrected chi connectivity index (χ2v) is 7.99. The molecule has 0 aromatic carbocycles. The van der Waals surface area contributed by atoms with Crippen LogP contribution in [0.3, 0.4) is 0 Å². The van der Waals surface area contributed by atoms with Gasteiger partial charge in [-0.05, 0) is 44.1 Å². The second kappa shape index (κ2) is 8.86. The van der Waals surface area contributed by atoms with Gasteiger partial charge in [0.05, 0.1) is 6.54 Å². The molecule has 2 aliphatic rings. The van der Waals surface area contributed by atoms with Crippen molar-refractivity contribution in [3.63, 3.8) is 0 Å². The molecule has 0 radical (unpaired) electrons. The van der Waals surface area contributed by atoms with Crippen molar-refractivity contribution < 1.29 is 4.74 Å². The Labute approximate surface area is 150 Å². The number of aliphatic imine (C=N–C) groups is 1. The molecule has 3 rings (SSSR count). The summed E-state index contributed by atoms with van der Waals surface area (Å²) in [6, 6.07) is 4.98. The van der Waals surface area contributed by atoms with Gasteiger partial charge in [-0.15, -0.1) is 11.3 Å². The molecule has 0 unspecified atom stereocenters. The summed E-state index contributed by atoms with van der Waals surface area (Å²) in [6.07, 6.45) is 8.72. The molecule has 2 fully saturated rings. The number of thiophene rings is 1. The maximum atomic E-state index is 5.46. The van der Waals surface area contributed by atoms with Crippen molar-refractivity contribution in [2.45, 2.75) is 63.3 Å². The van der Waals surface area contributed by atoms with E-state index in [0.717, 1.165) is 45.1 Å². The topological polar surface area (TPSA) is 45.7 Å². The Kier molecular flexibility index (Phi) is 6.55. The van der Waals surface area contributed by atoms with Crippen LogP contribution in [0, 0.1) is 0 Å². The molecule has 4 nitrogen and oxygen atoms in total. The van der Waals surface area contributed by atoms with Gasteiger partial charge in [-0.2, -0.15) is 0 Å². The monoisotopic (exact) mass is 349 g/mol. The van der Waals surface area contributed by atoms with E-state index in [1.807, 2.05) is 11.3 Å². The van der Waals surface area contributed by atoms with Crippen LogP contribution < -0.4 is 10.6 Å². The molecule has 1 aromatic rings. The molecule has 0 bridgehead atoms. The van der Waals surface area contributed by atoms with E-state index in [0.29, 0.717) is 6.04 Å². The number of ether oxygens (including phenoxy) is 1.